The normalized spacial score (nSPS) is 18.1. The molecule has 102 valence electrons. The van der Waals surface area contributed by atoms with Gasteiger partial charge in [0.25, 0.3) is 0 Å². The van der Waals surface area contributed by atoms with E-state index in [1.54, 1.807) is 6.07 Å². The van der Waals surface area contributed by atoms with Gasteiger partial charge in [0.05, 0.1) is 0 Å². The zero-order chi connectivity index (χ0) is 13.7. The van der Waals surface area contributed by atoms with E-state index in [9.17, 15) is 4.79 Å². The summed E-state index contributed by atoms with van der Waals surface area (Å²) < 4.78 is 0. The van der Waals surface area contributed by atoms with E-state index in [0.29, 0.717) is 18.2 Å². The molecule has 0 bridgehead atoms. The Hall–Kier alpha value is -1.91. The molecule has 1 amide bonds. The minimum Gasteiger partial charge on any atom is -0.363 e. The van der Waals surface area contributed by atoms with E-state index in [1.165, 1.54) is 12.7 Å². The summed E-state index contributed by atoms with van der Waals surface area (Å²) in [6.07, 6.45) is 9.70. The molecule has 5 heteroatoms. The van der Waals surface area contributed by atoms with Gasteiger partial charge in [0.2, 0.25) is 5.91 Å². The van der Waals surface area contributed by atoms with Crippen LogP contribution in [0, 0.1) is 5.92 Å². The topological polar surface area (TPSA) is 58.1 Å². The summed E-state index contributed by atoms with van der Waals surface area (Å²) in [5.74, 6) is 1.72. The summed E-state index contributed by atoms with van der Waals surface area (Å²) in [5, 5.41) is 2.83. The van der Waals surface area contributed by atoms with Gasteiger partial charge in [-0.15, -0.1) is 0 Å². The van der Waals surface area contributed by atoms with Crippen molar-refractivity contribution in [2.24, 2.45) is 5.92 Å². The third-order valence-electron chi connectivity index (χ3n) is 3.18. The van der Waals surface area contributed by atoms with Gasteiger partial charge in [-0.3, -0.25) is 4.79 Å². The first-order chi connectivity index (χ1) is 9.15. The van der Waals surface area contributed by atoms with Crippen molar-refractivity contribution in [2.45, 2.75) is 25.7 Å². The van der Waals surface area contributed by atoms with E-state index >= 15 is 0 Å². The second-order valence-electron chi connectivity index (χ2n) is 5.03. The Morgan fingerprint density at radius 3 is 3.00 bits per heavy atom. The van der Waals surface area contributed by atoms with Crippen LogP contribution in [0.1, 0.15) is 25.7 Å². The number of nitrogens with zero attached hydrogens (tertiary/aromatic N) is 3. The van der Waals surface area contributed by atoms with Crippen molar-refractivity contribution in [1.29, 1.82) is 0 Å². The van der Waals surface area contributed by atoms with Crippen LogP contribution in [0.25, 0.3) is 0 Å². The van der Waals surface area contributed by atoms with E-state index in [0.717, 1.165) is 18.7 Å². The number of aromatic nitrogens is 2. The lowest BCUT2D eigenvalue weighted by Crippen LogP contribution is -2.18. The molecule has 1 heterocycles. The predicted octanol–water partition coefficient (Wildman–Crippen LogP) is 2.23. The number of anilines is 2. The van der Waals surface area contributed by atoms with Crippen LogP contribution in [0.5, 0.6) is 0 Å². The molecule has 0 aromatic carbocycles. The van der Waals surface area contributed by atoms with Gasteiger partial charge in [-0.1, -0.05) is 12.2 Å². The van der Waals surface area contributed by atoms with Crippen LogP contribution in [0.15, 0.2) is 24.5 Å². The molecule has 1 aliphatic carbocycles. The third kappa shape index (κ3) is 4.05. The second-order valence-corrected chi connectivity index (χ2v) is 5.03. The smallest absolute Gasteiger partial charge is 0.226 e. The molecule has 19 heavy (non-hydrogen) atoms. The van der Waals surface area contributed by atoms with Crippen molar-refractivity contribution in [3.63, 3.8) is 0 Å². The van der Waals surface area contributed by atoms with Crippen molar-refractivity contribution in [1.82, 2.24) is 9.97 Å². The molecule has 0 radical (unpaired) electrons. The average Bonchev–Trinajstić information content (AvgIpc) is 2.40. The third-order valence-corrected chi connectivity index (χ3v) is 3.18. The van der Waals surface area contributed by atoms with Crippen molar-refractivity contribution in [3.8, 4) is 0 Å². The van der Waals surface area contributed by atoms with Gasteiger partial charge in [0.1, 0.15) is 18.0 Å². The van der Waals surface area contributed by atoms with Crippen LogP contribution in [-0.4, -0.2) is 30.0 Å². The van der Waals surface area contributed by atoms with Crippen molar-refractivity contribution in [3.05, 3.63) is 24.5 Å². The summed E-state index contributed by atoms with van der Waals surface area (Å²) in [6, 6.07) is 1.77. The summed E-state index contributed by atoms with van der Waals surface area (Å²) in [7, 11) is 3.81. The highest BCUT2D eigenvalue weighted by atomic mass is 16.1. The largest absolute Gasteiger partial charge is 0.363 e. The summed E-state index contributed by atoms with van der Waals surface area (Å²) in [6.45, 7) is 0. The maximum Gasteiger partial charge on any atom is 0.226 e. The molecular weight excluding hydrogens is 240 g/mol. The molecule has 1 aliphatic rings. The molecular formula is C14H20N4O. The van der Waals surface area contributed by atoms with Crippen molar-refractivity contribution >= 4 is 17.5 Å². The predicted molar refractivity (Wildman–Crippen MR) is 76.1 cm³/mol. The standard InChI is InChI=1S/C14H20N4O/c1-18(2)13-9-12(15-10-16-13)17-14(19)8-11-6-4-3-5-7-11/h4,6,9-11H,3,5,7-8H2,1-2H3,(H,15,16,17,19). The Morgan fingerprint density at radius 1 is 1.47 bits per heavy atom. The fourth-order valence-electron chi connectivity index (χ4n) is 2.14. The van der Waals surface area contributed by atoms with Gasteiger partial charge in [-0.2, -0.15) is 0 Å². The minimum atomic E-state index is 0.0138. The van der Waals surface area contributed by atoms with Crippen LogP contribution in [0.4, 0.5) is 11.6 Å². The van der Waals surface area contributed by atoms with Gasteiger partial charge in [0.15, 0.2) is 0 Å². The highest BCUT2D eigenvalue weighted by Gasteiger charge is 2.14. The van der Waals surface area contributed by atoms with Gasteiger partial charge in [0, 0.05) is 26.6 Å². The quantitative estimate of drug-likeness (QED) is 0.843. The zero-order valence-electron chi connectivity index (χ0n) is 11.5. The van der Waals surface area contributed by atoms with Crippen LogP contribution in [-0.2, 0) is 4.79 Å². The van der Waals surface area contributed by atoms with Gasteiger partial charge in [-0.05, 0) is 25.2 Å². The molecule has 1 N–H and O–H groups in total. The van der Waals surface area contributed by atoms with Crippen molar-refractivity contribution in [2.75, 3.05) is 24.3 Å². The van der Waals surface area contributed by atoms with Gasteiger partial charge >= 0.3 is 0 Å². The Labute approximate surface area is 113 Å². The number of nitrogens with one attached hydrogen (secondary N) is 1. The number of hydrogen-bond acceptors (Lipinski definition) is 4. The number of allylic oxidation sites excluding steroid dienone is 2. The van der Waals surface area contributed by atoms with Crippen LogP contribution in [0.3, 0.4) is 0 Å². The number of rotatable bonds is 4. The van der Waals surface area contributed by atoms with Crippen LogP contribution < -0.4 is 10.2 Å². The summed E-state index contributed by atoms with van der Waals surface area (Å²) in [4.78, 5) is 22.0. The highest BCUT2D eigenvalue weighted by Crippen LogP contribution is 2.20. The lowest BCUT2D eigenvalue weighted by molar-refractivity contribution is -0.116. The maximum absolute atomic E-state index is 11.9. The summed E-state index contributed by atoms with van der Waals surface area (Å²) >= 11 is 0. The molecule has 1 aromatic heterocycles. The Kier molecular flexibility index (Phi) is 4.49. The second kappa shape index (κ2) is 6.31. The molecule has 1 unspecified atom stereocenters. The first kappa shape index (κ1) is 13.5. The van der Waals surface area contributed by atoms with Crippen LogP contribution >= 0.6 is 0 Å². The molecule has 5 nitrogen and oxygen atoms in total. The molecule has 1 atom stereocenters. The highest BCUT2D eigenvalue weighted by molar-refractivity contribution is 5.90. The minimum absolute atomic E-state index is 0.0138. The fraction of sp³-hybridized carbons (Fsp3) is 0.500. The SMILES string of the molecule is CN(C)c1cc(NC(=O)CC2C=CCCC2)ncn1. The van der Waals surface area contributed by atoms with Crippen molar-refractivity contribution < 1.29 is 4.79 Å². The first-order valence-corrected chi connectivity index (χ1v) is 6.61. The molecule has 0 aliphatic heterocycles. The molecule has 0 fully saturated rings. The summed E-state index contributed by atoms with van der Waals surface area (Å²) in [5.41, 5.74) is 0. The van der Waals surface area contributed by atoms with Crippen LogP contribution in [0.2, 0.25) is 0 Å². The number of hydrogen-bond donors (Lipinski definition) is 1. The van der Waals surface area contributed by atoms with Gasteiger partial charge < -0.3 is 10.2 Å². The van der Waals surface area contributed by atoms with E-state index in [-0.39, 0.29) is 5.91 Å². The maximum atomic E-state index is 11.9. The Balaban J connectivity index is 1.93. The monoisotopic (exact) mass is 260 g/mol. The van der Waals surface area contributed by atoms with E-state index in [2.05, 4.69) is 27.4 Å². The zero-order valence-corrected chi connectivity index (χ0v) is 11.5. The van der Waals surface area contributed by atoms with E-state index in [1.807, 2.05) is 19.0 Å². The Bertz CT molecular complexity index is 470. The van der Waals surface area contributed by atoms with Gasteiger partial charge in [-0.25, -0.2) is 9.97 Å². The Morgan fingerprint density at radius 2 is 2.32 bits per heavy atom. The number of amides is 1. The number of carbonyl (C=O) groups excluding carboxylic acids is 1. The number of carbonyl (C=O) groups is 1. The average molecular weight is 260 g/mol. The lowest BCUT2D eigenvalue weighted by Gasteiger charge is -2.16. The lowest BCUT2D eigenvalue weighted by atomic mass is 9.93. The molecule has 0 saturated carbocycles. The van der Waals surface area contributed by atoms with E-state index < -0.39 is 0 Å². The fourth-order valence-corrected chi connectivity index (χ4v) is 2.14. The first-order valence-electron chi connectivity index (χ1n) is 6.61. The molecule has 2 rings (SSSR count). The molecule has 0 saturated heterocycles. The molecule has 1 aromatic rings. The molecule has 0 spiro atoms. The van der Waals surface area contributed by atoms with E-state index in [4.69, 9.17) is 0 Å².